The maximum Gasteiger partial charge on any atom is 0.237 e. The zero-order valence-electron chi connectivity index (χ0n) is 9.13. The molecule has 0 rings (SSSR count). The lowest BCUT2D eigenvalue weighted by molar-refractivity contribution is -0.123. The predicted octanol–water partition coefficient (Wildman–Crippen LogP) is 0.220. The zero-order chi connectivity index (χ0) is 11.0. The molecular formula is C9H20N2O2S. The molecule has 1 unspecified atom stereocenters. The molecule has 0 aromatic rings. The quantitative estimate of drug-likeness (QED) is 0.574. The van der Waals surface area contributed by atoms with Crippen LogP contribution in [0.1, 0.15) is 13.3 Å². The van der Waals surface area contributed by atoms with Crippen molar-refractivity contribution < 1.29 is 9.53 Å². The fourth-order valence-electron chi connectivity index (χ4n) is 0.892. The van der Waals surface area contributed by atoms with Gasteiger partial charge in [0.25, 0.3) is 0 Å². The van der Waals surface area contributed by atoms with E-state index in [-0.39, 0.29) is 5.91 Å². The first-order chi connectivity index (χ1) is 6.56. The van der Waals surface area contributed by atoms with E-state index >= 15 is 0 Å². The van der Waals surface area contributed by atoms with Gasteiger partial charge in [0.2, 0.25) is 5.91 Å². The number of likely N-dealkylation sites (N-methyl/N-ethyl adjacent to an activating group) is 1. The van der Waals surface area contributed by atoms with Gasteiger partial charge in [0.1, 0.15) is 0 Å². The summed E-state index contributed by atoms with van der Waals surface area (Å²) in [6.07, 6.45) is 0.743. The third kappa shape index (κ3) is 4.83. The summed E-state index contributed by atoms with van der Waals surface area (Å²) >= 11 is 1.76. The Labute approximate surface area is 89.9 Å². The predicted molar refractivity (Wildman–Crippen MR) is 60.5 cm³/mol. The number of nitrogens with two attached hydrogens (primary N) is 1. The van der Waals surface area contributed by atoms with E-state index in [4.69, 9.17) is 10.5 Å². The number of carbonyl (C=O) groups excluding carboxylic acids is 1. The molecule has 0 heterocycles. The Morgan fingerprint density at radius 3 is 2.64 bits per heavy atom. The number of thioether (sulfide) groups is 1. The van der Waals surface area contributed by atoms with Crippen LogP contribution in [-0.2, 0) is 9.53 Å². The van der Waals surface area contributed by atoms with Crippen molar-refractivity contribution in [2.24, 2.45) is 5.73 Å². The smallest absolute Gasteiger partial charge is 0.237 e. The highest BCUT2D eigenvalue weighted by Gasteiger charge is 2.27. The van der Waals surface area contributed by atoms with Crippen LogP contribution in [0.5, 0.6) is 0 Å². The molecule has 0 aliphatic rings. The molecule has 0 fully saturated rings. The zero-order valence-corrected chi connectivity index (χ0v) is 9.95. The van der Waals surface area contributed by atoms with Crippen LogP contribution in [0.15, 0.2) is 0 Å². The molecule has 14 heavy (non-hydrogen) atoms. The van der Waals surface area contributed by atoms with Gasteiger partial charge in [-0.05, 0) is 26.1 Å². The van der Waals surface area contributed by atoms with Crippen molar-refractivity contribution in [1.29, 1.82) is 0 Å². The van der Waals surface area contributed by atoms with Gasteiger partial charge < -0.3 is 15.8 Å². The SMILES string of the molecule is CNC(C)(CCSCCOC)C(N)=O. The summed E-state index contributed by atoms with van der Waals surface area (Å²) in [5, 5.41) is 2.95. The van der Waals surface area contributed by atoms with E-state index in [9.17, 15) is 4.79 Å². The monoisotopic (exact) mass is 220 g/mol. The van der Waals surface area contributed by atoms with Gasteiger partial charge in [-0.15, -0.1) is 0 Å². The summed E-state index contributed by atoms with van der Waals surface area (Å²) in [7, 11) is 3.44. The highest BCUT2D eigenvalue weighted by Crippen LogP contribution is 2.13. The molecule has 0 saturated heterocycles. The lowest BCUT2D eigenvalue weighted by Crippen LogP contribution is -2.51. The van der Waals surface area contributed by atoms with Crippen LogP contribution >= 0.6 is 11.8 Å². The molecule has 0 aliphatic carbocycles. The van der Waals surface area contributed by atoms with E-state index in [1.165, 1.54) is 0 Å². The third-order valence-electron chi connectivity index (χ3n) is 2.27. The molecule has 0 spiro atoms. The van der Waals surface area contributed by atoms with Crippen LogP contribution in [0, 0.1) is 0 Å². The van der Waals surface area contributed by atoms with Crippen molar-refractivity contribution in [3.63, 3.8) is 0 Å². The number of carbonyl (C=O) groups is 1. The first-order valence-corrected chi connectivity index (χ1v) is 5.78. The maximum atomic E-state index is 11.1. The molecular weight excluding hydrogens is 200 g/mol. The van der Waals surface area contributed by atoms with Crippen molar-refractivity contribution >= 4 is 17.7 Å². The largest absolute Gasteiger partial charge is 0.384 e. The van der Waals surface area contributed by atoms with Gasteiger partial charge in [0, 0.05) is 12.9 Å². The van der Waals surface area contributed by atoms with Gasteiger partial charge in [-0.3, -0.25) is 4.79 Å². The Bertz CT molecular complexity index is 178. The molecule has 4 nitrogen and oxygen atoms in total. The number of rotatable bonds is 8. The molecule has 5 heteroatoms. The number of primary amides is 1. The van der Waals surface area contributed by atoms with Gasteiger partial charge in [0.05, 0.1) is 12.1 Å². The fraction of sp³-hybridized carbons (Fsp3) is 0.889. The highest BCUT2D eigenvalue weighted by atomic mass is 32.2. The van der Waals surface area contributed by atoms with E-state index in [2.05, 4.69) is 5.32 Å². The van der Waals surface area contributed by atoms with Gasteiger partial charge >= 0.3 is 0 Å². The summed E-state index contributed by atoms with van der Waals surface area (Å²) in [4.78, 5) is 11.1. The van der Waals surface area contributed by atoms with Crippen LogP contribution in [0.25, 0.3) is 0 Å². The Balaban J connectivity index is 3.68. The molecule has 0 saturated carbocycles. The Hall–Kier alpha value is -0.260. The molecule has 84 valence electrons. The van der Waals surface area contributed by atoms with Crippen molar-refractivity contribution in [2.75, 3.05) is 32.3 Å². The Kier molecular flexibility index (Phi) is 6.96. The number of hydrogen-bond donors (Lipinski definition) is 2. The van der Waals surface area contributed by atoms with Crippen LogP contribution in [0.4, 0.5) is 0 Å². The van der Waals surface area contributed by atoms with Crippen molar-refractivity contribution in [1.82, 2.24) is 5.32 Å². The minimum absolute atomic E-state index is 0.299. The second kappa shape index (κ2) is 7.09. The average Bonchev–Trinajstić information content (AvgIpc) is 2.17. The lowest BCUT2D eigenvalue weighted by atomic mass is 9.99. The second-order valence-electron chi connectivity index (χ2n) is 3.30. The number of ether oxygens (including phenoxy) is 1. The average molecular weight is 220 g/mol. The number of amides is 1. The minimum Gasteiger partial charge on any atom is -0.384 e. The number of hydrogen-bond acceptors (Lipinski definition) is 4. The van der Waals surface area contributed by atoms with Crippen LogP contribution < -0.4 is 11.1 Å². The van der Waals surface area contributed by atoms with Gasteiger partial charge in [-0.2, -0.15) is 11.8 Å². The van der Waals surface area contributed by atoms with E-state index in [0.29, 0.717) is 0 Å². The van der Waals surface area contributed by atoms with E-state index < -0.39 is 5.54 Å². The van der Waals surface area contributed by atoms with Crippen molar-refractivity contribution in [3.05, 3.63) is 0 Å². The summed E-state index contributed by atoms with van der Waals surface area (Å²) < 4.78 is 4.92. The summed E-state index contributed by atoms with van der Waals surface area (Å²) in [6, 6.07) is 0. The van der Waals surface area contributed by atoms with Gasteiger partial charge in [-0.25, -0.2) is 0 Å². The standard InChI is InChI=1S/C9H20N2O2S/c1-9(11-2,8(10)12)4-6-14-7-5-13-3/h11H,4-7H2,1-3H3,(H2,10,12). The molecule has 0 radical (unpaired) electrons. The first-order valence-electron chi connectivity index (χ1n) is 4.62. The van der Waals surface area contributed by atoms with Gasteiger partial charge in [-0.1, -0.05) is 0 Å². The lowest BCUT2D eigenvalue weighted by Gasteiger charge is -2.24. The Morgan fingerprint density at radius 1 is 1.57 bits per heavy atom. The number of methoxy groups -OCH3 is 1. The topological polar surface area (TPSA) is 64.3 Å². The van der Waals surface area contributed by atoms with Crippen molar-refractivity contribution in [3.8, 4) is 0 Å². The van der Waals surface area contributed by atoms with Crippen LogP contribution in [0.2, 0.25) is 0 Å². The highest BCUT2D eigenvalue weighted by molar-refractivity contribution is 7.99. The summed E-state index contributed by atoms with van der Waals surface area (Å²) in [5.41, 5.74) is 4.70. The molecule has 0 bridgehead atoms. The number of nitrogens with one attached hydrogen (secondary N) is 1. The molecule has 1 amide bonds. The minimum atomic E-state index is -0.583. The maximum absolute atomic E-state index is 11.1. The molecule has 0 aromatic heterocycles. The van der Waals surface area contributed by atoms with Crippen LogP contribution in [0.3, 0.4) is 0 Å². The van der Waals surface area contributed by atoms with Crippen molar-refractivity contribution in [2.45, 2.75) is 18.9 Å². The third-order valence-corrected chi connectivity index (χ3v) is 3.22. The summed E-state index contributed by atoms with van der Waals surface area (Å²) in [6.45, 7) is 2.57. The van der Waals surface area contributed by atoms with E-state index in [1.807, 2.05) is 6.92 Å². The van der Waals surface area contributed by atoms with Crippen LogP contribution in [-0.4, -0.2) is 43.7 Å². The molecule has 0 aliphatic heterocycles. The molecule has 3 N–H and O–H groups in total. The fourth-order valence-corrected chi connectivity index (χ4v) is 1.93. The molecule has 1 atom stereocenters. The second-order valence-corrected chi connectivity index (χ2v) is 4.53. The van der Waals surface area contributed by atoms with E-state index in [0.717, 1.165) is 24.5 Å². The van der Waals surface area contributed by atoms with E-state index in [1.54, 1.807) is 25.9 Å². The van der Waals surface area contributed by atoms with Gasteiger partial charge in [0.15, 0.2) is 0 Å². The Morgan fingerprint density at radius 2 is 2.21 bits per heavy atom. The summed E-state index contributed by atoms with van der Waals surface area (Å²) in [5.74, 6) is 1.56. The first kappa shape index (κ1) is 13.7. The molecule has 0 aromatic carbocycles. The normalized spacial score (nSPS) is 15.1.